The maximum absolute atomic E-state index is 11.9. The second-order valence-electron chi connectivity index (χ2n) is 4.32. The number of rotatable bonds is 4. The SMILES string of the molecule is O=C(Cc1ccsc1)N1CCC(CCO)C1. The average Bonchev–Trinajstić information content (AvgIpc) is 2.89. The fourth-order valence-corrected chi connectivity index (χ4v) is 2.83. The summed E-state index contributed by atoms with van der Waals surface area (Å²) < 4.78 is 0. The third-order valence-corrected chi connectivity index (χ3v) is 3.84. The van der Waals surface area contributed by atoms with Crippen molar-refractivity contribution in [2.45, 2.75) is 19.3 Å². The van der Waals surface area contributed by atoms with Crippen molar-refractivity contribution in [3.05, 3.63) is 22.4 Å². The highest BCUT2D eigenvalue weighted by Gasteiger charge is 2.25. The fourth-order valence-electron chi connectivity index (χ4n) is 2.16. The van der Waals surface area contributed by atoms with Crippen LogP contribution in [-0.4, -0.2) is 35.6 Å². The largest absolute Gasteiger partial charge is 0.396 e. The molecule has 1 aliphatic rings. The molecule has 1 fully saturated rings. The van der Waals surface area contributed by atoms with Crippen molar-refractivity contribution >= 4 is 17.2 Å². The Morgan fingerprint density at radius 1 is 1.62 bits per heavy atom. The Kier molecular flexibility index (Phi) is 3.96. The minimum absolute atomic E-state index is 0.221. The molecule has 0 bridgehead atoms. The van der Waals surface area contributed by atoms with Gasteiger partial charge in [-0.2, -0.15) is 11.3 Å². The van der Waals surface area contributed by atoms with E-state index in [1.807, 2.05) is 21.7 Å². The van der Waals surface area contributed by atoms with Crippen molar-refractivity contribution in [3.8, 4) is 0 Å². The number of nitrogens with zero attached hydrogens (tertiary/aromatic N) is 1. The summed E-state index contributed by atoms with van der Waals surface area (Å²) in [5.74, 6) is 0.718. The predicted octanol–water partition coefficient (Wildman–Crippen LogP) is 1.52. The van der Waals surface area contributed by atoms with E-state index in [-0.39, 0.29) is 12.5 Å². The molecule has 3 nitrogen and oxygen atoms in total. The van der Waals surface area contributed by atoms with Gasteiger partial charge in [0.25, 0.3) is 0 Å². The highest BCUT2D eigenvalue weighted by Crippen LogP contribution is 2.20. The van der Waals surface area contributed by atoms with E-state index in [0.717, 1.165) is 31.5 Å². The molecule has 16 heavy (non-hydrogen) atoms. The first-order chi connectivity index (χ1) is 7.79. The van der Waals surface area contributed by atoms with Gasteiger partial charge in [0.1, 0.15) is 0 Å². The molecule has 1 aromatic heterocycles. The Balaban J connectivity index is 1.83. The molecule has 1 atom stereocenters. The molecule has 1 aliphatic heterocycles. The molecule has 1 amide bonds. The van der Waals surface area contributed by atoms with Crippen LogP contribution in [0, 0.1) is 5.92 Å². The minimum Gasteiger partial charge on any atom is -0.396 e. The van der Waals surface area contributed by atoms with Gasteiger partial charge in [-0.15, -0.1) is 0 Å². The molecule has 2 rings (SSSR count). The number of hydrogen-bond donors (Lipinski definition) is 1. The van der Waals surface area contributed by atoms with Crippen LogP contribution < -0.4 is 0 Å². The first kappa shape index (κ1) is 11.6. The molecule has 4 heteroatoms. The van der Waals surface area contributed by atoms with E-state index < -0.39 is 0 Å². The van der Waals surface area contributed by atoms with Gasteiger partial charge in [0, 0.05) is 19.7 Å². The molecule has 0 aromatic carbocycles. The normalized spacial score (nSPS) is 20.3. The summed E-state index contributed by atoms with van der Waals surface area (Å²) in [5, 5.41) is 12.9. The quantitative estimate of drug-likeness (QED) is 0.865. The zero-order valence-electron chi connectivity index (χ0n) is 9.26. The third-order valence-electron chi connectivity index (χ3n) is 3.11. The summed E-state index contributed by atoms with van der Waals surface area (Å²) in [7, 11) is 0. The maximum atomic E-state index is 11.9. The van der Waals surface area contributed by atoms with Crippen molar-refractivity contribution in [1.29, 1.82) is 0 Å². The van der Waals surface area contributed by atoms with Gasteiger partial charge in [-0.05, 0) is 41.1 Å². The van der Waals surface area contributed by atoms with Gasteiger partial charge in [0.15, 0.2) is 0 Å². The summed E-state index contributed by atoms with van der Waals surface area (Å²) in [6.45, 7) is 1.91. The van der Waals surface area contributed by atoms with Crippen LogP contribution >= 0.6 is 11.3 Å². The van der Waals surface area contributed by atoms with Gasteiger partial charge in [-0.1, -0.05) is 0 Å². The Bertz CT molecular complexity index is 337. The van der Waals surface area contributed by atoms with Gasteiger partial charge in [0.2, 0.25) is 5.91 Å². The third kappa shape index (κ3) is 2.83. The van der Waals surface area contributed by atoms with Crippen molar-refractivity contribution in [1.82, 2.24) is 4.90 Å². The Labute approximate surface area is 99.7 Å². The van der Waals surface area contributed by atoms with Crippen molar-refractivity contribution in [3.63, 3.8) is 0 Å². The van der Waals surface area contributed by atoms with E-state index in [0.29, 0.717) is 12.3 Å². The number of hydrogen-bond acceptors (Lipinski definition) is 3. The lowest BCUT2D eigenvalue weighted by molar-refractivity contribution is -0.129. The van der Waals surface area contributed by atoms with Crippen LogP contribution in [-0.2, 0) is 11.2 Å². The smallest absolute Gasteiger partial charge is 0.227 e. The summed E-state index contributed by atoms with van der Waals surface area (Å²) in [6.07, 6.45) is 2.38. The molecule has 0 spiro atoms. The molecular formula is C12H17NO2S. The van der Waals surface area contributed by atoms with Crippen LogP contribution in [0.4, 0.5) is 0 Å². The van der Waals surface area contributed by atoms with E-state index in [2.05, 4.69) is 0 Å². The molecule has 1 unspecified atom stereocenters. The molecule has 88 valence electrons. The van der Waals surface area contributed by atoms with Crippen LogP contribution in [0.3, 0.4) is 0 Å². The molecule has 2 heterocycles. The molecule has 0 radical (unpaired) electrons. The van der Waals surface area contributed by atoms with Gasteiger partial charge >= 0.3 is 0 Å². The highest BCUT2D eigenvalue weighted by atomic mass is 32.1. The number of likely N-dealkylation sites (tertiary alicyclic amines) is 1. The maximum Gasteiger partial charge on any atom is 0.227 e. The first-order valence-corrected chi connectivity index (χ1v) is 6.63. The summed E-state index contributed by atoms with van der Waals surface area (Å²) >= 11 is 1.63. The number of carbonyl (C=O) groups excluding carboxylic acids is 1. The molecular weight excluding hydrogens is 222 g/mol. The molecule has 0 aliphatic carbocycles. The van der Waals surface area contributed by atoms with E-state index in [9.17, 15) is 4.79 Å². The minimum atomic E-state index is 0.221. The molecule has 1 saturated heterocycles. The summed E-state index contributed by atoms with van der Waals surface area (Å²) in [5.41, 5.74) is 1.11. The average molecular weight is 239 g/mol. The van der Waals surface area contributed by atoms with Crippen molar-refractivity contribution in [2.24, 2.45) is 5.92 Å². The highest BCUT2D eigenvalue weighted by molar-refractivity contribution is 7.07. The Morgan fingerprint density at radius 3 is 3.19 bits per heavy atom. The first-order valence-electron chi connectivity index (χ1n) is 5.69. The predicted molar refractivity (Wildman–Crippen MR) is 64.4 cm³/mol. The summed E-state index contributed by atoms with van der Waals surface area (Å²) in [6, 6.07) is 2.00. The van der Waals surface area contributed by atoms with Gasteiger partial charge < -0.3 is 10.0 Å². The monoisotopic (exact) mass is 239 g/mol. The number of carbonyl (C=O) groups is 1. The van der Waals surface area contributed by atoms with Crippen LogP contribution in [0.15, 0.2) is 16.8 Å². The van der Waals surface area contributed by atoms with E-state index in [4.69, 9.17) is 5.11 Å². The molecule has 1 N–H and O–H groups in total. The second-order valence-corrected chi connectivity index (χ2v) is 5.10. The van der Waals surface area contributed by atoms with Crippen LogP contribution in [0.25, 0.3) is 0 Å². The lowest BCUT2D eigenvalue weighted by Crippen LogP contribution is -2.30. The van der Waals surface area contributed by atoms with Crippen molar-refractivity contribution < 1.29 is 9.90 Å². The van der Waals surface area contributed by atoms with E-state index in [1.54, 1.807) is 11.3 Å². The number of amides is 1. The van der Waals surface area contributed by atoms with E-state index in [1.165, 1.54) is 0 Å². The fraction of sp³-hybridized carbons (Fsp3) is 0.583. The van der Waals surface area contributed by atoms with Gasteiger partial charge in [0.05, 0.1) is 6.42 Å². The van der Waals surface area contributed by atoms with Crippen LogP contribution in [0.1, 0.15) is 18.4 Å². The van der Waals surface area contributed by atoms with Crippen molar-refractivity contribution in [2.75, 3.05) is 19.7 Å². The van der Waals surface area contributed by atoms with Crippen LogP contribution in [0.5, 0.6) is 0 Å². The lowest BCUT2D eigenvalue weighted by Gasteiger charge is -2.15. The topological polar surface area (TPSA) is 40.5 Å². The molecule has 1 aromatic rings. The van der Waals surface area contributed by atoms with Gasteiger partial charge in [-0.3, -0.25) is 4.79 Å². The number of aliphatic hydroxyl groups is 1. The lowest BCUT2D eigenvalue weighted by atomic mass is 10.1. The molecule has 0 saturated carbocycles. The Hall–Kier alpha value is -0.870. The number of thiophene rings is 1. The zero-order valence-corrected chi connectivity index (χ0v) is 10.1. The van der Waals surface area contributed by atoms with Gasteiger partial charge in [-0.25, -0.2) is 0 Å². The second kappa shape index (κ2) is 5.46. The Morgan fingerprint density at radius 2 is 2.50 bits per heavy atom. The number of aliphatic hydroxyl groups excluding tert-OH is 1. The van der Waals surface area contributed by atoms with E-state index >= 15 is 0 Å². The standard InChI is InChI=1S/C12H17NO2S/c14-5-2-10-1-4-13(8-10)12(15)7-11-3-6-16-9-11/h3,6,9-10,14H,1-2,4-5,7-8H2. The summed E-state index contributed by atoms with van der Waals surface area (Å²) in [4.78, 5) is 13.9. The van der Waals surface area contributed by atoms with Crippen LogP contribution in [0.2, 0.25) is 0 Å². The zero-order chi connectivity index (χ0) is 11.4.